The third kappa shape index (κ3) is 4.12. The maximum atomic E-state index is 12.2. The second kappa shape index (κ2) is 7.02. The molecule has 7 heteroatoms. The van der Waals surface area contributed by atoms with Gasteiger partial charge < -0.3 is 8.92 Å². The molecule has 1 aromatic heterocycles. The van der Waals surface area contributed by atoms with E-state index in [1.165, 1.54) is 24.3 Å². The van der Waals surface area contributed by atoms with Crippen molar-refractivity contribution in [3.63, 3.8) is 0 Å². The van der Waals surface area contributed by atoms with Crippen LogP contribution in [0.4, 0.5) is 0 Å². The molecule has 0 unspecified atom stereocenters. The topological polar surface area (TPSA) is 65.5 Å². The van der Waals surface area contributed by atoms with E-state index in [9.17, 15) is 8.42 Å². The van der Waals surface area contributed by atoms with Crippen LogP contribution < -0.4 is 8.92 Å². The lowest BCUT2D eigenvalue weighted by Gasteiger charge is -2.08. The maximum Gasteiger partial charge on any atom is 0.339 e. The van der Waals surface area contributed by atoms with Gasteiger partial charge in [0.25, 0.3) is 0 Å². The molecule has 0 spiro atoms. The molecule has 5 nitrogen and oxygen atoms in total. The monoisotopic (exact) mass is 405 g/mol. The first-order chi connectivity index (χ1) is 11.5. The highest BCUT2D eigenvalue weighted by molar-refractivity contribution is 9.10. The minimum Gasteiger partial charge on any atom is -0.439 e. The third-order valence-electron chi connectivity index (χ3n) is 2.97. The molecular formula is C17H12BrNO4S. The van der Waals surface area contributed by atoms with E-state index in [0.29, 0.717) is 16.1 Å². The van der Waals surface area contributed by atoms with Crippen LogP contribution in [0.5, 0.6) is 17.4 Å². The molecule has 0 saturated carbocycles. The number of hydrogen-bond donors (Lipinski definition) is 0. The van der Waals surface area contributed by atoms with Gasteiger partial charge in [-0.15, -0.1) is 0 Å². The number of rotatable bonds is 5. The molecule has 0 aliphatic heterocycles. The van der Waals surface area contributed by atoms with E-state index in [2.05, 4.69) is 20.9 Å². The summed E-state index contributed by atoms with van der Waals surface area (Å²) < 4.78 is 35.8. The van der Waals surface area contributed by atoms with Crippen LogP contribution in [-0.2, 0) is 10.1 Å². The second-order valence-corrected chi connectivity index (χ2v) is 7.20. The van der Waals surface area contributed by atoms with Gasteiger partial charge >= 0.3 is 10.1 Å². The largest absolute Gasteiger partial charge is 0.439 e. The average Bonchev–Trinajstić information content (AvgIpc) is 2.57. The molecule has 0 radical (unpaired) electrons. The molecule has 0 amide bonds. The predicted octanol–water partition coefficient (Wildman–Crippen LogP) is 4.40. The van der Waals surface area contributed by atoms with E-state index in [0.717, 1.165) is 0 Å². The highest BCUT2D eigenvalue weighted by Gasteiger charge is 2.16. The molecule has 3 rings (SSSR count). The summed E-state index contributed by atoms with van der Waals surface area (Å²) >= 11 is 3.24. The molecule has 0 N–H and O–H groups in total. The van der Waals surface area contributed by atoms with Crippen LogP contribution in [0.3, 0.4) is 0 Å². The van der Waals surface area contributed by atoms with Gasteiger partial charge in [0.1, 0.15) is 16.4 Å². The van der Waals surface area contributed by atoms with Crippen molar-refractivity contribution < 1.29 is 17.3 Å². The Bertz CT molecular complexity index is 928. The molecule has 0 aliphatic rings. The van der Waals surface area contributed by atoms with Gasteiger partial charge in [0.2, 0.25) is 5.88 Å². The van der Waals surface area contributed by atoms with Crippen molar-refractivity contribution in [2.45, 2.75) is 4.90 Å². The van der Waals surface area contributed by atoms with Crippen LogP contribution in [0.1, 0.15) is 0 Å². The first-order valence-corrected chi connectivity index (χ1v) is 9.12. The minimum absolute atomic E-state index is 0.0747. The number of pyridine rings is 1. The Hall–Kier alpha value is -2.38. The number of benzene rings is 2. The fourth-order valence-corrected chi connectivity index (χ4v) is 3.42. The number of aromatic nitrogens is 1. The van der Waals surface area contributed by atoms with Gasteiger partial charge in [-0.25, -0.2) is 4.98 Å². The van der Waals surface area contributed by atoms with Gasteiger partial charge in [0.05, 0.1) is 0 Å². The molecule has 2 aromatic carbocycles. The molecule has 0 fully saturated rings. The normalized spacial score (nSPS) is 11.0. The van der Waals surface area contributed by atoms with Crippen LogP contribution in [0.2, 0.25) is 0 Å². The third-order valence-corrected chi connectivity index (χ3v) is 4.71. The van der Waals surface area contributed by atoms with Crippen LogP contribution in [-0.4, -0.2) is 13.4 Å². The standard InChI is InChI=1S/C17H12BrNO4S/c18-13-4-3-5-16(12-13)24(20,21)23-15-9-7-14(8-10-15)22-17-6-1-2-11-19-17/h1-12H. The van der Waals surface area contributed by atoms with Gasteiger partial charge in [-0.1, -0.05) is 28.1 Å². The van der Waals surface area contributed by atoms with E-state index < -0.39 is 10.1 Å². The Kier molecular flexibility index (Phi) is 4.82. The maximum absolute atomic E-state index is 12.2. The summed E-state index contributed by atoms with van der Waals surface area (Å²) in [5.41, 5.74) is 0. The summed E-state index contributed by atoms with van der Waals surface area (Å²) in [6.07, 6.45) is 1.62. The summed E-state index contributed by atoms with van der Waals surface area (Å²) in [5, 5.41) is 0. The minimum atomic E-state index is -3.89. The molecule has 0 bridgehead atoms. The smallest absolute Gasteiger partial charge is 0.339 e. The lowest BCUT2D eigenvalue weighted by atomic mass is 10.3. The van der Waals surface area contributed by atoms with Gasteiger partial charge in [-0.2, -0.15) is 8.42 Å². The highest BCUT2D eigenvalue weighted by Crippen LogP contribution is 2.25. The van der Waals surface area contributed by atoms with Gasteiger partial charge in [-0.05, 0) is 48.5 Å². The summed E-state index contributed by atoms with van der Waals surface area (Å²) in [6.45, 7) is 0. The number of halogens is 1. The SMILES string of the molecule is O=S(=O)(Oc1ccc(Oc2ccccn2)cc1)c1cccc(Br)c1. The Morgan fingerprint density at radius 2 is 1.62 bits per heavy atom. The van der Waals surface area contributed by atoms with E-state index in [-0.39, 0.29) is 10.6 Å². The van der Waals surface area contributed by atoms with Crippen LogP contribution in [0, 0.1) is 0 Å². The summed E-state index contributed by atoms with van der Waals surface area (Å²) in [7, 11) is -3.89. The van der Waals surface area contributed by atoms with Crippen molar-refractivity contribution in [1.29, 1.82) is 0 Å². The van der Waals surface area contributed by atoms with E-state index in [1.54, 1.807) is 42.6 Å². The van der Waals surface area contributed by atoms with Gasteiger partial charge in [0, 0.05) is 16.7 Å². The summed E-state index contributed by atoms with van der Waals surface area (Å²) in [6, 6.07) is 17.9. The highest BCUT2D eigenvalue weighted by atomic mass is 79.9. The second-order valence-electron chi connectivity index (χ2n) is 4.74. The van der Waals surface area contributed by atoms with Crippen molar-refractivity contribution in [2.75, 3.05) is 0 Å². The van der Waals surface area contributed by atoms with Crippen LogP contribution in [0.25, 0.3) is 0 Å². The van der Waals surface area contributed by atoms with Crippen molar-refractivity contribution in [2.24, 2.45) is 0 Å². The van der Waals surface area contributed by atoms with E-state index in [1.807, 2.05) is 6.07 Å². The van der Waals surface area contributed by atoms with Crippen LogP contribution in [0.15, 0.2) is 82.3 Å². The zero-order chi connectivity index (χ0) is 17.0. The Labute approximate surface area is 148 Å². The first kappa shape index (κ1) is 16.5. The fraction of sp³-hybridized carbons (Fsp3) is 0. The molecule has 1 heterocycles. The lowest BCUT2D eigenvalue weighted by molar-refractivity contribution is 0.459. The van der Waals surface area contributed by atoms with Gasteiger partial charge in [0.15, 0.2) is 0 Å². The molecule has 0 saturated heterocycles. The van der Waals surface area contributed by atoms with E-state index in [4.69, 9.17) is 8.92 Å². The quantitative estimate of drug-likeness (QED) is 0.588. The molecule has 3 aromatic rings. The van der Waals surface area contributed by atoms with Crippen molar-refractivity contribution >= 4 is 26.0 Å². The Morgan fingerprint density at radius 3 is 2.29 bits per heavy atom. The van der Waals surface area contributed by atoms with E-state index >= 15 is 0 Å². The molecule has 24 heavy (non-hydrogen) atoms. The zero-order valence-corrected chi connectivity index (χ0v) is 14.7. The van der Waals surface area contributed by atoms with Crippen molar-refractivity contribution in [3.8, 4) is 17.4 Å². The lowest BCUT2D eigenvalue weighted by Crippen LogP contribution is -2.09. The number of nitrogens with zero attached hydrogens (tertiary/aromatic N) is 1. The number of ether oxygens (including phenoxy) is 1. The predicted molar refractivity (Wildman–Crippen MR) is 92.7 cm³/mol. The fourth-order valence-electron chi connectivity index (χ4n) is 1.89. The van der Waals surface area contributed by atoms with Crippen LogP contribution >= 0.6 is 15.9 Å². The first-order valence-electron chi connectivity index (χ1n) is 6.92. The zero-order valence-electron chi connectivity index (χ0n) is 12.3. The van der Waals surface area contributed by atoms with Gasteiger partial charge in [-0.3, -0.25) is 0 Å². The Balaban J connectivity index is 1.74. The number of hydrogen-bond acceptors (Lipinski definition) is 5. The molecule has 0 aliphatic carbocycles. The molecule has 122 valence electrons. The summed E-state index contributed by atoms with van der Waals surface area (Å²) in [5.74, 6) is 1.18. The molecule has 0 atom stereocenters. The van der Waals surface area contributed by atoms with Crippen molar-refractivity contribution in [3.05, 3.63) is 77.4 Å². The Morgan fingerprint density at radius 1 is 0.875 bits per heavy atom. The average molecular weight is 406 g/mol. The summed E-state index contributed by atoms with van der Waals surface area (Å²) in [4.78, 5) is 4.12. The van der Waals surface area contributed by atoms with Crippen molar-refractivity contribution in [1.82, 2.24) is 4.98 Å². The molecular weight excluding hydrogens is 394 g/mol.